The van der Waals surface area contributed by atoms with Crippen LogP contribution in [0.2, 0.25) is 0 Å². The summed E-state index contributed by atoms with van der Waals surface area (Å²) in [6.45, 7) is 8.69. The molecule has 0 aliphatic heterocycles. The van der Waals surface area contributed by atoms with Gasteiger partial charge in [0.05, 0.1) is 19.3 Å². The largest absolute Gasteiger partial charge is 0.387 e. The monoisotopic (exact) mass is 355 g/mol. The summed E-state index contributed by atoms with van der Waals surface area (Å²) in [5.74, 6) is 2.73. The Hall–Kier alpha value is -0.160. The van der Waals surface area contributed by atoms with Crippen molar-refractivity contribution in [2.45, 2.75) is 71.3 Å². The van der Waals surface area contributed by atoms with Gasteiger partial charge < -0.3 is 14.7 Å². The summed E-state index contributed by atoms with van der Waals surface area (Å²) in [5.41, 5.74) is -0.337. The average molecular weight is 356 g/mol. The molecule has 0 aromatic carbocycles. The number of ether oxygens (including phenoxy) is 1. The van der Waals surface area contributed by atoms with Crippen LogP contribution in [0.3, 0.4) is 0 Å². The molecule has 0 bridgehead atoms. The molecule has 0 amide bonds. The minimum atomic E-state index is -0.626. The van der Waals surface area contributed by atoms with Crippen LogP contribution in [-0.2, 0) is 9.57 Å². The van der Waals surface area contributed by atoms with Crippen LogP contribution in [0.5, 0.6) is 0 Å². The van der Waals surface area contributed by atoms with E-state index in [-0.39, 0.29) is 5.41 Å². The molecule has 2 fully saturated rings. The van der Waals surface area contributed by atoms with E-state index in [0.29, 0.717) is 18.4 Å². The van der Waals surface area contributed by atoms with Gasteiger partial charge in [0.15, 0.2) is 0 Å². The summed E-state index contributed by atoms with van der Waals surface area (Å²) in [6, 6.07) is 0. The maximum absolute atomic E-state index is 10.9. The highest BCUT2D eigenvalue weighted by Gasteiger charge is 2.54. The van der Waals surface area contributed by atoms with Crippen LogP contribution in [0.25, 0.3) is 0 Å². The lowest BCUT2D eigenvalue weighted by atomic mass is 9.49. The van der Waals surface area contributed by atoms with Gasteiger partial charge >= 0.3 is 0 Å². The summed E-state index contributed by atoms with van der Waals surface area (Å²) in [7, 11) is 5.52. The van der Waals surface area contributed by atoms with E-state index >= 15 is 0 Å². The second kappa shape index (κ2) is 8.69. The van der Waals surface area contributed by atoms with Gasteiger partial charge in [0.1, 0.15) is 0 Å². The zero-order valence-corrected chi connectivity index (χ0v) is 17.4. The molecule has 4 heteroatoms. The van der Waals surface area contributed by atoms with Crippen LogP contribution in [0.4, 0.5) is 0 Å². The highest BCUT2D eigenvalue weighted by atomic mass is 16.7. The van der Waals surface area contributed by atoms with Crippen LogP contribution in [0.1, 0.15) is 65.7 Å². The Bertz CT molecular complexity index is 418. The Labute approximate surface area is 155 Å². The van der Waals surface area contributed by atoms with E-state index in [2.05, 4.69) is 27.8 Å². The first-order valence-electron chi connectivity index (χ1n) is 10.3. The Morgan fingerprint density at radius 2 is 1.96 bits per heavy atom. The predicted octanol–water partition coefficient (Wildman–Crippen LogP) is 4.13. The molecule has 1 N–H and O–H groups in total. The summed E-state index contributed by atoms with van der Waals surface area (Å²) in [5, 5.41) is 13.0. The maximum atomic E-state index is 10.9. The number of methoxy groups -OCH3 is 1. The topological polar surface area (TPSA) is 41.9 Å². The molecule has 25 heavy (non-hydrogen) atoms. The van der Waals surface area contributed by atoms with Gasteiger partial charge in [-0.05, 0) is 61.2 Å². The maximum Gasteiger partial charge on any atom is 0.0883 e. The first kappa shape index (κ1) is 21.1. The van der Waals surface area contributed by atoms with Crippen molar-refractivity contribution in [3.8, 4) is 0 Å². The number of hydrogen-bond donors (Lipinski definition) is 1. The fourth-order valence-corrected chi connectivity index (χ4v) is 5.95. The van der Waals surface area contributed by atoms with E-state index in [4.69, 9.17) is 9.57 Å². The number of hydroxylamine groups is 2. The molecule has 148 valence electrons. The lowest BCUT2D eigenvalue weighted by Gasteiger charge is -2.58. The second-order valence-electron chi connectivity index (χ2n) is 9.17. The zero-order valence-electron chi connectivity index (χ0n) is 17.4. The van der Waals surface area contributed by atoms with E-state index in [1.54, 1.807) is 14.2 Å². The standard InChI is InChI=1S/C21H41NO3/c1-7-8-16(2)18-10-9-17-13-21(23,15-24-5)12-11-20(17,3)19(18)14-22(4)25-6/h16-19,23H,7-15H2,1-6H3/t16-,17+,18-,19-,20-,21+/m0/s1. The summed E-state index contributed by atoms with van der Waals surface area (Å²) >= 11 is 0. The number of fused-ring (bicyclic) bond motifs is 1. The van der Waals surface area contributed by atoms with Crippen LogP contribution in [0, 0.1) is 29.1 Å². The second-order valence-corrected chi connectivity index (χ2v) is 9.17. The van der Waals surface area contributed by atoms with Crippen LogP contribution < -0.4 is 0 Å². The Morgan fingerprint density at radius 3 is 2.56 bits per heavy atom. The summed E-state index contributed by atoms with van der Waals surface area (Å²) in [4.78, 5) is 5.51. The Morgan fingerprint density at radius 1 is 1.24 bits per heavy atom. The van der Waals surface area contributed by atoms with Gasteiger partial charge in [-0.3, -0.25) is 0 Å². The van der Waals surface area contributed by atoms with E-state index in [9.17, 15) is 5.11 Å². The summed E-state index contributed by atoms with van der Waals surface area (Å²) in [6.07, 6.45) is 7.94. The van der Waals surface area contributed by atoms with Gasteiger partial charge in [-0.25, -0.2) is 0 Å². The minimum absolute atomic E-state index is 0.289. The van der Waals surface area contributed by atoms with Crippen molar-refractivity contribution in [2.75, 3.05) is 34.4 Å². The van der Waals surface area contributed by atoms with Crippen molar-refractivity contribution in [3.05, 3.63) is 0 Å². The molecular weight excluding hydrogens is 314 g/mol. The molecule has 2 rings (SSSR count). The normalized spacial score (nSPS) is 40.1. The number of aliphatic hydroxyl groups is 1. The number of hydrogen-bond acceptors (Lipinski definition) is 4. The third-order valence-corrected chi connectivity index (χ3v) is 7.55. The third-order valence-electron chi connectivity index (χ3n) is 7.55. The van der Waals surface area contributed by atoms with Gasteiger partial charge in [0.25, 0.3) is 0 Å². The fourth-order valence-electron chi connectivity index (χ4n) is 5.95. The van der Waals surface area contributed by atoms with E-state index in [1.165, 1.54) is 25.7 Å². The quantitative estimate of drug-likeness (QED) is 0.665. The molecule has 2 saturated carbocycles. The molecule has 2 aliphatic rings. The minimum Gasteiger partial charge on any atom is -0.387 e. The molecule has 0 spiro atoms. The van der Waals surface area contributed by atoms with Crippen molar-refractivity contribution in [2.24, 2.45) is 29.1 Å². The average Bonchev–Trinajstić information content (AvgIpc) is 2.57. The molecule has 0 saturated heterocycles. The van der Waals surface area contributed by atoms with Crippen molar-refractivity contribution in [3.63, 3.8) is 0 Å². The predicted molar refractivity (Wildman–Crippen MR) is 102 cm³/mol. The van der Waals surface area contributed by atoms with E-state index < -0.39 is 5.60 Å². The van der Waals surface area contributed by atoms with Crippen LogP contribution >= 0.6 is 0 Å². The molecule has 6 atom stereocenters. The smallest absolute Gasteiger partial charge is 0.0883 e. The van der Waals surface area contributed by atoms with Crippen LogP contribution in [0.15, 0.2) is 0 Å². The first-order chi connectivity index (χ1) is 11.8. The van der Waals surface area contributed by atoms with Crippen LogP contribution in [-0.4, -0.2) is 50.2 Å². The molecular formula is C21H41NO3. The molecule has 0 heterocycles. The molecule has 0 aromatic heterocycles. The van der Waals surface area contributed by atoms with Gasteiger partial charge in [0.2, 0.25) is 0 Å². The molecule has 0 aromatic rings. The van der Waals surface area contributed by atoms with Gasteiger partial charge in [-0.1, -0.05) is 33.6 Å². The van der Waals surface area contributed by atoms with Gasteiger partial charge in [0, 0.05) is 20.7 Å². The molecule has 0 unspecified atom stereocenters. The zero-order chi connectivity index (χ0) is 18.7. The number of nitrogens with zero attached hydrogens (tertiary/aromatic N) is 1. The lowest BCUT2D eigenvalue weighted by Crippen LogP contribution is -2.55. The molecule has 4 nitrogen and oxygen atoms in total. The molecule has 0 radical (unpaired) electrons. The third kappa shape index (κ3) is 4.58. The van der Waals surface area contributed by atoms with Crippen molar-refractivity contribution >= 4 is 0 Å². The van der Waals surface area contributed by atoms with E-state index in [0.717, 1.165) is 37.6 Å². The highest BCUT2D eigenvalue weighted by molar-refractivity contribution is 5.04. The van der Waals surface area contributed by atoms with Crippen molar-refractivity contribution in [1.82, 2.24) is 5.06 Å². The summed E-state index contributed by atoms with van der Waals surface area (Å²) < 4.78 is 5.32. The van der Waals surface area contributed by atoms with E-state index in [1.807, 2.05) is 5.06 Å². The Kier molecular flexibility index (Phi) is 7.35. The Balaban J connectivity index is 2.23. The SMILES string of the molecule is CCC[C@H](C)[C@@H]1CC[C@@H]2C[C@@](O)(COC)CC[C@]2(C)[C@H]1CN(C)OC. The fraction of sp³-hybridized carbons (Fsp3) is 1.00. The first-order valence-corrected chi connectivity index (χ1v) is 10.3. The van der Waals surface area contributed by atoms with Gasteiger partial charge in [-0.15, -0.1) is 0 Å². The van der Waals surface area contributed by atoms with Gasteiger partial charge in [-0.2, -0.15) is 5.06 Å². The lowest BCUT2D eigenvalue weighted by molar-refractivity contribution is -0.178. The van der Waals surface area contributed by atoms with Crippen molar-refractivity contribution < 1.29 is 14.7 Å². The highest BCUT2D eigenvalue weighted by Crippen LogP contribution is 2.58. The van der Waals surface area contributed by atoms with Crippen molar-refractivity contribution in [1.29, 1.82) is 0 Å². The molecule has 2 aliphatic carbocycles. The number of rotatable bonds is 8.